The van der Waals surface area contributed by atoms with Crippen LogP contribution in [0, 0.1) is 13.8 Å². The van der Waals surface area contributed by atoms with Crippen molar-refractivity contribution < 1.29 is 9.53 Å². The quantitative estimate of drug-likeness (QED) is 0.543. The number of pyridine rings is 1. The van der Waals surface area contributed by atoms with Crippen molar-refractivity contribution in [1.29, 1.82) is 0 Å². The van der Waals surface area contributed by atoms with Gasteiger partial charge < -0.3 is 4.74 Å². The van der Waals surface area contributed by atoms with Gasteiger partial charge in [-0.1, -0.05) is 23.7 Å². The lowest BCUT2D eigenvalue weighted by molar-refractivity contribution is 0.0734. The van der Waals surface area contributed by atoms with Crippen molar-refractivity contribution in [3.8, 4) is 11.6 Å². The maximum Gasteiger partial charge on any atom is 0.345 e. The lowest BCUT2D eigenvalue weighted by Crippen LogP contribution is -2.10. The molecule has 0 aliphatic rings. The number of carbonyl (C=O) groups excluding carboxylic acids is 1. The second-order valence-electron chi connectivity index (χ2n) is 5.06. The van der Waals surface area contributed by atoms with Gasteiger partial charge in [-0.2, -0.15) is 5.10 Å². The van der Waals surface area contributed by atoms with E-state index >= 15 is 0 Å². The summed E-state index contributed by atoms with van der Waals surface area (Å²) in [6.07, 6.45) is 1.46. The predicted octanol–water partition coefficient (Wildman–Crippen LogP) is 3.76. The molecule has 6 heteroatoms. The van der Waals surface area contributed by atoms with E-state index < -0.39 is 5.97 Å². The van der Waals surface area contributed by atoms with Gasteiger partial charge >= 0.3 is 5.97 Å². The Morgan fingerprint density at radius 3 is 2.57 bits per heavy atom. The fourth-order valence-corrected chi connectivity index (χ4v) is 2.35. The number of hydrogen-bond donors (Lipinski definition) is 0. The summed E-state index contributed by atoms with van der Waals surface area (Å²) in [6, 6.07) is 12.1. The van der Waals surface area contributed by atoms with Crippen molar-refractivity contribution in [1.82, 2.24) is 14.8 Å². The van der Waals surface area contributed by atoms with Crippen LogP contribution in [-0.4, -0.2) is 20.7 Å². The van der Waals surface area contributed by atoms with Crippen molar-refractivity contribution in [3.63, 3.8) is 0 Å². The fraction of sp³-hybridized carbons (Fsp3) is 0.118. The number of hydrogen-bond acceptors (Lipinski definition) is 4. The number of aromatic nitrogens is 3. The summed E-state index contributed by atoms with van der Waals surface area (Å²) in [5, 5.41) is 4.74. The van der Waals surface area contributed by atoms with Crippen molar-refractivity contribution in [2.45, 2.75) is 13.8 Å². The average Bonchev–Trinajstić information content (AvgIpc) is 2.88. The van der Waals surface area contributed by atoms with Gasteiger partial charge in [-0.15, -0.1) is 0 Å². The second-order valence-corrected chi connectivity index (χ2v) is 5.47. The second kappa shape index (κ2) is 6.22. The van der Waals surface area contributed by atoms with E-state index in [1.54, 1.807) is 41.1 Å². The molecule has 3 rings (SSSR count). The first-order valence-corrected chi connectivity index (χ1v) is 7.39. The standard InChI is InChI=1S/C17H14ClN3O2/c1-11-9-12(2)21(20-11)16-8-7-13(10-19-16)17(22)23-15-6-4-3-5-14(15)18/h3-10H,1-2H3. The molecule has 0 saturated carbocycles. The maximum atomic E-state index is 12.1. The molecule has 0 spiro atoms. The lowest BCUT2D eigenvalue weighted by Gasteiger charge is -2.07. The molecule has 1 aromatic carbocycles. The number of carbonyl (C=O) groups is 1. The first-order chi connectivity index (χ1) is 11.0. The van der Waals surface area contributed by atoms with Gasteiger partial charge in [-0.3, -0.25) is 0 Å². The summed E-state index contributed by atoms with van der Waals surface area (Å²) < 4.78 is 6.99. The Kier molecular flexibility index (Phi) is 4.12. The Morgan fingerprint density at radius 2 is 1.96 bits per heavy atom. The van der Waals surface area contributed by atoms with Crippen LogP contribution in [0.3, 0.4) is 0 Å². The first kappa shape index (κ1) is 15.2. The highest BCUT2D eigenvalue weighted by Gasteiger charge is 2.12. The summed E-state index contributed by atoms with van der Waals surface area (Å²) in [5.74, 6) is 0.456. The molecule has 2 heterocycles. The SMILES string of the molecule is Cc1cc(C)n(-c2ccc(C(=O)Oc3ccccc3Cl)cn2)n1. The zero-order chi connectivity index (χ0) is 16.4. The van der Waals surface area contributed by atoms with Crippen LogP contribution >= 0.6 is 11.6 Å². The molecule has 0 aliphatic carbocycles. The van der Waals surface area contributed by atoms with Crippen molar-refractivity contribution in [2.24, 2.45) is 0 Å². The average molecular weight is 328 g/mol. The first-order valence-electron chi connectivity index (χ1n) is 7.01. The van der Waals surface area contributed by atoms with Gasteiger partial charge in [0.2, 0.25) is 0 Å². The molecular weight excluding hydrogens is 314 g/mol. The van der Waals surface area contributed by atoms with Gasteiger partial charge in [0, 0.05) is 11.9 Å². The van der Waals surface area contributed by atoms with E-state index in [9.17, 15) is 4.79 Å². The minimum atomic E-state index is -0.509. The van der Waals surface area contributed by atoms with Gasteiger partial charge in [-0.05, 0) is 44.2 Å². The highest BCUT2D eigenvalue weighted by atomic mass is 35.5. The van der Waals surface area contributed by atoms with Crippen molar-refractivity contribution in [3.05, 3.63) is 70.6 Å². The third-order valence-corrected chi connectivity index (χ3v) is 3.56. The molecule has 0 fully saturated rings. The Balaban J connectivity index is 1.81. The number of halogens is 1. The molecule has 116 valence electrons. The number of benzene rings is 1. The van der Waals surface area contributed by atoms with Crippen LogP contribution in [-0.2, 0) is 0 Å². The summed E-state index contributed by atoms with van der Waals surface area (Å²) in [6.45, 7) is 3.86. The third kappa shape index (κ3) is 3.24. The summed E-state index contributed by atoms with van der Waals surface area (Å²) >= 11 is 5.98. The maximum absolute atomic E-state index is 12.1. The summed E-state index contributed by atoms with van der Waals surface area (Å²) in [7, 11) is 0. The van der Waals surface area contributed by atoms with E-state index in [1.165, 1.54) is 6.20 Å². The third-order valence-electron chi connectivity index (χ3n) is 3.25. The van der Waals surface area contributed by atoms with Crippen LogP contribution in [0.2, 0.25) is 5.02 Å². The smallest absolute Gasteiger partial charge is 0.345 e. The molecule has 0 amide bonds. The number of aryl methyl sites for hydroxylation is 2. The minimum Gasteiger partial charge on any atom is -0.421 e. The Hall–Kier alpha value is -2.66. The highest BCUT2D eigenvalue weighted by Crippen LogP contribution is 2.24. The van der Waals surface area contributed by atoms with Crippen LogP contribution in [0.5, 0.6) is 5.75 Å². The Morgan fingerprint density at radius 1 is 1.17 bits per heavy atom. The highest BCUT2D eigenvalue weighted by molar-refractivity contribution is 6.32. The van der Waals surface area contributed by atoms with Crippen LogP contribution in [0.25, 0.3) is 5.82 Å². The molecule has 0 radical (unpaired) electrons. The molecule has 2 aromatic heterocycles. The van der Waals surface area contributed by atoms with Crippen LogP contribution in [0.4, 0.5) is 0 Å². The van der Waals surface area contributed by atoms with Crippen LogP contribution in [0.1, 0.15) is 21.7 Å². The number of para-hydroxylation sites is 1. The van der Waals surface area contributed by atoms with E-state index in [2.05, 4.69) is 10.1 Å². The molecule has 0 N–H and O–H groups in total. The van der Waals surface area contributed by atoms with Gasteiger partial charge in [0.25, 0.3) is 0 Å². The largest absolute Gasteiger partial charge is 0.421 e. The van der Waals surface area contributed by atoms with E-state index in [0.717, 1.165) is 11.4 Å². The van der Waals surface area contributed by atoms with E-state index in [0.29, 0.717) is 22.2 Å². The lowest BCUT2D eigenvalue weighted by atomic mass is 10.3. The van der Waals surface area contributed by atoms with Crippen molar-refractivity contribution >= 4 is 17.6 Å². The van der Waals surface area contributed by atoms with Gasteiger partial charge in [-0.25, -0.2) is 14.5 Å². The Labute approximate surface area is 138 Å². The van der Waals surface area contributed by atoms with Crippen LogP contribution in [0.15, 0.2) is 48.7 Å². The van der Waals surface area contributed by atoms with Crippen molar-refractivity contribution in [2.75, 3.05) is 0 Å². The number of nitrogens with zero attached hydrogens (tertiary/aromatic N) is 3. The number of esters is 1. The summed E-state index contributed by atoms with van der Waals surface area (Å²) in [5.41, 5.74) is 2.23. The van der Waals surface area contributed by atoms with E-state index in [-0.39, 0.29) is 0 Å². The topological polar surface area (TPSA) is 57.0 Å². The predicted molar refractivity (Wildman–Crippen MR) is 87.2 cm³/mol. The van der Waals surface area contributed by atoms with Gasteiger partial charge in [0.1, 0.15) is 5.75 Å². The number of ether oxygens (including phenoxy) is 1. The molecule has 0 atom stereocenters. The Bertz CT molecular complexity index is 857. The normalized spacial score (nSPS) is 10.6. The number of rotatable bonds is 3. The monoisotopic (exact) mass is 327 g/mol. The zero-order valence-electron chi connectivity index (χ0n) is 12.7. The van der Waals surface area contributed by atoms with Gasteiger partial charge in [0.15, 0.2) is 5.82 Å². The van der Waals surface area contributed by atoms with Gasteiger partial charge in [0.05, 0.1) is 16.3 Å². The summed E-state index contributed by atoms with van der Waals surface area (Å²) in [4.78, 5) is 16.4. The molecule has 0 unspecified atom stereocenters. The molecule has 23 heavy (non-hydrogen) atoms. The molecule has 0 aliphatic heterocycles. The molecular formula is C17H14ClN3O2. The van der Waals surface area contributed by atoms with E-state index in [1.807, 2.05) is 19.9 Å². The molecule has 3 aromatic rings. The fourth-order valence-electron chi connectivity index (χ4n) is 2.18. The zero-order valence-corrected chi connectivity index (χ0v) is 13.4. The van der Waals surface area contributed by atoms with Crippen LogP contribution < -0.4 is 4.74 Å². The van der Waals surface area contributed by atoms with E-state index in [4.69, 9.17) is 16.3 Å². The minimum absolute atomic E-state index is 0.321. The molecule has 0 saturated heterocycles. The molecule has 0 bridgehead atoms. The molecule has 5 nitrogen and oxygen atoms in total.